The SMILES string of the molecule is COc1ccccc1CNc1cc([N+](=O)[O-])cc(N)n1. The van der Waals surface area contributed by atoms with E-state index in [-0.39, 0.29) is 11.5 Å². The van der Waals surface area contributed by atoms with Gasteiger partial charge in [0.25, 0.3) is 5.69 Å². The highest BCUT2D eigenvalue weighted by molar-refractivity contribution is 5.53. The van der Waals surface area contributed by atoms with Crippen molar-refractivity contribution in [1.82, 2.24) is 4.98 Å². The van der Waals surface area contributed by atoms with Crippen molar-refractivity contribution in [3.8, 4) is 5.75 Å². The molecule has 0 saturated heterocycles. The zero-order chi connectivity index (χ0) is 14.5. The van der Waals surface area contributed by atoms with Gasteiger partial charge in [0.05, 0.1) is 24.2 Å². The van der Waals surface area contributed by atoms with Crippen molar-refractivity contribution in [2.45, 2.75) is 6.54 Å². The van der Waals surface area contributed by atoms with Gasteiger partial charge in [0.2, 0.25) is 0 Å². The number of rotatable bonds is 5. The number of nitrogens with two attached hydrogens (primary N) is 1. The van der Waals surface area contributed by atoms with Crippen LogP contribution in [0.3, 0.4) is 0 Å². The molecule has 1 heterocycles. The maximum atomic E-state index is 10.8. The molecule has 0 radical (unpaired) electrons. The van der Waals surface area contributed by atoms with Gasteiger partial charge in [-0.3, -0.25) is 10.1 Å². The Labute approximate surface area is 115 Å². The Morgan fingerprint density at radius 3 is 2.85 bits per heavy atom. The summed E-state index contributed by atoms with van der Waals surface area (Å²) in [4.78, 5) is 14.3. The largest absolute Gasteiger partial charge is 0.496 e. The van der Waals surface area contributed by atoms with Gasteiger partial charge in [-0.2, -0.15) is 0 Å². The fraction of sp³-hybridized carbons (Fsp3) is 0.154. The second-order valence-corrected chi connectivity index (χ2v) is 4.06. The highest BCUT2D eigenvalue weighted by Crippen LogP contribution is 2.21. The number of anilines is 2. The summed E-state index contributed by atoms with van der Waals surface area (Å²) in [7, 11) is 1.59. The summed E-state index contributed by atoms with van der Waals surface area (Å²) in [6, 6.07) is 10.0. The average Bonchev–Trinajstić information content (AvgIpc) is 2.44. The van der Waals surface area contributed by atoms with Gasteiger partial charge in [0, 0.05) is 12.1 Å². The molecule has 0 bridgehead atoms. The fourth-order valence-electron chi connectivity index (χ4n) is 1.77. The lowest BCUT2D eigenvalue weighted by molar-refractivity contribution is -0.384. The smallest absolute Gasteiger partial charge is 0.276 e. The number of para-hydroxylation sites is 1. The minimum absolute atomic E-state index is 0.0972. The first-order valence-corrected chi connectivity index (χ1v) is 5.88. The van der Waals surface area contributed by atoms with Crippen LogP contribution in [0, 0.1) is 10.1 Å². The van der Waals surface area contributed by atoms with Gasteiger partial charge in [-0.05, 0) is 6.07 Å². The molecule has 0 aliphatic carbocycles. The van der Waals surface area contributed by atoms with Gasteiger partial charge < -0.3 is 15.8 Å². The van der Waals surface area contributed by atoms with Gasteiger partial charge in [0.1, 0.15) is 17.4 Å². The zero-order valence-electron chi connectivity index (χ0n) is 10.9. The van der Waals surface area contributed by atoms with Crippen LogP contribution in [0.5, 0.6) is 5.75 Å². The Bertz CT molecular complexity index is 631. The summed E-state index contributed by atoms with van der Waals surface area (Å²) < 4.78 is 5.23. The fourth-order valence-corrected chi connectivity index (χ4v) is 1.77. The lowest BCUT2D eigenvalue weighted by Crippen LogP contribution is -2.05. The topological polar surface area (TPSA) is 103 Å². The standard InChI is InChI=1S/C13H14N4O3/c1-20-11-5-3-2-4-9(11)8-15-13-7-10(17(18)19)6-12(14)16-13/h2-7H,8H2,1H3,(H3,14,15,16). The van der Waals surface area contributed by atoms with E-state index in [1.54, 1.807) is 7.11 Å². The molecule has 0 aliphatic heterocycles. The monoisotopic (exact) mass is 274 g/mol. The van der Waals surface area contributed by atoms with Crippen molar-refractivity contribution in [2.75, 3.05) is 18.2 Å². The molecule has 7 nitrogen and oxygen atoms in total. The third kappa shape index (κ3) is 3.14. The summed E-state index contributed by atoms with van der Waals surface area (Å²) in [6.45, 7) is 0.428. The summed E-state index contributed by atoms with van der Waals surface area (Å²) in [5.41, 5.74) is 6.36. The zero-order valence-corrected chi connectivity index (χ0v) is 10.9. The number of nitrogens with zero attached hydrogens (tertiary/aromatic N) is 2. The van der Waals surface area contributed by atoms with E-state index in [1.165, 1.54) is 12.1 Å². The number of nitrogen functional groups attached to an aromatic ring is 1. The van der Waals surface area contributed by atoms with E-state index in [4.69, 9.17) is 10.5 Å². The van der Waals surface area contributed by atoms with E-state index in [2.05, 4.69) is 10.3 Å². The molecule has 0 unspecified atom stereocenters. The Morgan fingerprint density at radius 2 is 2.15 bits per heavy atom. The van der Waals surface area contributed by atoms with E-state index < -0.39 is 4.92 Å². The van der Waals surface area contributed by atoms with Crippen molar-refractivity contribution >= 4 is 17.3 Å². The van der Waals surface area contributed by atoms with Crippen LogP contribution in [0.25, 0.3) is 0 Å². The summed E-state index contributed by atoms with van der Waals surface area (Å²) in [6.07, 6.45) is 0. The number of nitro groups is 1. The number of methoxy groups -OCH3 is 1. The van der Waals surface area contributed by atoms with Gasteiger partial charge in [-0.1, -0.05) is 18.2 Å². The van der Waals surface area contributed by atoms with E-state index in [0.717, 1.165) is 11.3 Å². The van der Waals surface area contributed by atoms with Crippen LogP contribution < -0.4 is 15.8 Å². The molecule has 7 heteroatoms. The number of hydrogen-bond acceptors (Lipinski definition) is 6. The van der Waals surface area contributed by atoms with E-state index in [0.29, 0.717) is 12.4 Å². The van der Waals surface area contributed by atoms with Crippen molar-refractivity contribution in [1.29, 1.82) is 0 Å². The highest BCUT2D eigenvalue weighted by Gasteiger charge is 2.10. The number of pyridine rings is 1. The minimum Gasteiger partial charge on any atom is -0.496 e. The predicted octanol–water partition coefficient (Wildman–Crippen LogP) is 2.19. The number of nitrogens with one attached hydrogen (secondary N) is 1. The average molecular weight is 274 g/mol. The van der Waals surface area contributed by atoms with Crippen LogP contribution in [-0.2, 0) is 6.54 Å². The van der Waals surface area contributed by atoms with E-state index in [1.807, 2.05) is 24.3 Å². The summed E-state index contributed by atoms with van der Waals surface area (Å²) in [5.74, 6) is 1.18. The van der Waals surface area contributed by atoms with Crippen LogP contribution in [0.1, 0.15) is 5.56 Å². The molecule has 1 aromatic carbocycles. The lowest BCUT2D eigenvalue weighted by atomic mass is 10.2. The molecular weight excluding hydrogens is 260 g/mol. The van der Waals surface area contributed by atoms with Crippen LogP contribution in [0.15, 0.2) is 36.4 Å². The molecule has 0 aliphatic rings. The molecule has 104 valence electrons. The van der Waals surface area contributed by atoms with Gasteiger partial charge in [0.15, 0.2) is 0 Å². The van der Waals surface area contributed by atoms with Crippen LogP contribution in [-0.4, -0.2) is 17.0 Å². The number of ether oxygens (including phenoxy) is 1. The second kappa shape index (κ2) is 5.87. The van der Waals surface area contributed by atoms with E-state index in [9.17, 15) is 10.1 Å². The molecule has 2 rings (SSSR count). The Hall–Kier alpha value is -2.83. The quantitative estimate of drug-likeness (QED) is 0.640. The Balaban J connectivity index is 2.16. The highest BCUT2D eigenvalue weighted by atomic mass is 16.6. The maximum Gasteiger partial charge on any atom is 0.276 e. The van der Waals surface area contributed by atoms with Crippen LogP contribution in [0.2, 0.25) is 0 Å². The minimum atomic E-state index is -0.508. The molecule has 0 atom stereocenters. The second-order valence-electron chi connectivity index (χ2n) is 4.06. The Morgan fingerprint density at radius 1 is 1.40 bits per heavy atom. The summed E-state index contributed by atoms with van der Waals surface area (Å²) in [5, 5.41) is 13.8. The molecule has 1 aromatic heterocycles. The van der Waals surface area contributed by atoms with Crippen molar-refractivity contribution in [3.63, 3.8) is 0 Å². The Kier molecular flexibility index (Phi) is 3.99. The molecule has 0 fully saturated rings. The van der Waals surface area contributed by atoms with Crippen molar-refractivity contribution in [2.24, 2.45) is 0 Å². The number of hydrogen-bond donors (Lipinski definition) is 2. The van der Waals surface area contributed by atoms with Gasteiger partial charge in [-0.25, -0.2) is 4.98 Å². The lowest BCUT2D eigenvalue weighted by Gasteiger charge is -2.10. The molecule has 0 spiro atoms. The normalized spacial score (nSPS) is 10.1. The summed E-state index contributed by atoms with van der Waals surface area (Å²) >= 11 is 0. The van der Waals surface area contributed by atoms with Crippen molar-refractivity contribution < 1.29 is 9.66 Å². The van der Waals surface area contributed by atoms with E-state index >= 15 is 0 Å². The maximum absolute atomic E-state index is 10.8. The van der Waals surface area contributed by atoms with Gasteiger partial charge in [-0.15, -0.1) is 0 Å². The van der Waals surface area contributed by atoms with Crippen LogP contribution in [0.4, 0.5) is 17.3 Å². The van der Waals surface area contributed by atoms with Gasteiger partial charge >= 0.3 is 0 Å². The molecule has 0 amide bonds. The first kappa shape index (κ1) is 13.6. The number of benzene rings is 1. The molecule has 0 saturated carbocycles. The molecule has 3 N–H and O–H groups in total. The van der Waals surface area contributed by atoms with Crippen LogP contribution >= 0.6 is 0 Å². The first-order chi connectivity index (χ1) is 9.60. The number of aromatic nitrogens is 1. The van der Waals surface area contributed by atoms with Crippen molar-refractivity contribution in [3.05, 3.63) is 52.1 Å². The third-order valence-corrected chi connectivity index (χ3v) is 2.69. The first-order valence-electron chi connectivity index (χ1n) is 5.88. The predicted molar refractivity (Wildman–Crippen MR) is 75.6 cm³/mol. The molecule has 2 aromatic rings. The molecule has 20 heavy (non-hydrogen) atoms. The molecular formula is C13H14N4O3. The third-order valence-electron chi connectivity index (χ3n) is 2.69.